The molecule has 9 nitrogen and oxygen atoms in total. The number of primary amides is 1. The van der Waals surface area contributed by atoms with E-state index in [1.165, 1.54) is 41.9 Å². The van der Waals surface area contributed by atoms with Gasteiger partial charge in [-0.25, -0.2) is 22.8 Å². The number of ether oxygens (including phenoxy) is 2. The largest absolute Gasteiger partial charge is 0.496 e. The molecule has 2 N–H and O–H groups in total. The van der Waals surface area contributed by atoms with Crippen molar-refractivity contribution in [3.63, 3.8) is 0 Å². The van der Waals surface area contributed by atoms with Gasteiger partial charge in [-0.3, -0.25) is 9.59 Å². The van der Waals surface area contributed by atoms with E-state index in [1.807, 2.05) is 0 Å². The Morgan fingerprint density at radius 3 is 2.40 bits per heavy atom. The van der Waals surface area contributed by atoms with E-state index in [4.69, 9.17) is 21.6 Å². The Hall–Kier alpha value is -5.31. The standard InChI is InChI=1S/C30H24F3N5O4/c1-6-30(2,3)37(4)29(40)26-21-14-42-25-12-24(41-5)19(18-11-23(28(34)39)35-13-22(18)33)10-20(25)27(21)38(36-26)17-8-15(31)7-16(32)9-17/h1,7-13H,14H2,2-5H3,(H2,34,39). The molecule has 1 aliphatic heterocycles. The smallest absolute Gasteiger partial charge is 0.275 e. The first-order chi connectivity index (χ1) is 19.9. The number of aromatic nitrogens is 3. The number of rotatable bonds is 6. The van der Waals surface area contributed by atoms with Gasteiger partial charge in [-0.15, -0.1) is 6.42 Å². The maximum atomic E-state index is 15.1. The zero-order valence-corrected chi connectivity index (χ0v) is 23.0. The predicted octanol–water partition coefficient (Wildman–Crippen LogP) is 4.50. The number of hydrogen-bond acceptors (Lipinski definition) is 6. The van der Waals surface area contributed by atoms with Crippen LogP contribution in [0.15, 0.2) is 42.6 Å². The highest BCUT2D eigenvalue weighted by Crippen LogP contribution is 2.46. The molecule has 2 amide bonds. The summed E-state index contributed by atoms with van der Waals surface area (Å²) < 4.78 is 56.5. The molecule has 0 saturated heterocycles. The number of amides is 2. The van der Waals surface area contributed by atoms with Crippen LogP contribution in [0.25, 0.3) is 28.1 Å². The average Bonchev–Trinajstić information content (AvgIpc) is 3.35. The number of methoxy groups -OCH3 is 1. The van der Waals surface area contributed by atoms with E-state index in [0.29, 0.717) is 17.2 Å². The van der Waals surface area contributed by atoms with Gasteiger partial charge in [0.25, 0.3) is 11.8 Å². The fourth-order valence-corrected chi connectivity index (χ4v) is 4.57. The van der Waals surface area contributed by atoms with Gasteiger partial charge in [0.05, 0.1) is 30.2 Å². The van der Waals surface area contributed by atoms with Crippen molar-refractivity contribution in [3.8, 4) is 51.9 Å². The van der Waals surface area contributed by atoms with Crippen LogP contribution >= 0.6 is 0 Å². The maximum Gasteiger partial charge on any atom is 0.275 e. The SMILES string of the molecule is C#CC(C)(C)N(C)C(=O)c1nn(-c2cc(F)cc(F)c2)c2c1COc1cc(OC)c(-c3cc(C(N)=O)ncc3F)cc1-2. The van der Waals surface area contributed by atoms with Crippen molar-refractivity contribution >= 4 is 11.8 Å². The van der Waals surface area contributed by atoms with E-state index >= 15 is 4.39 Å². The Balaban J connectivity index is 1.81. The van der Waals surface area contributed by atoms with Gasteiger partial charge in [0, 0.05) is 41.4 Å². The van der Waals surface area contributed by atoms with Crippen LogP contribution in [0.1, 0.15) is 40.4 Å². The molecule has 3 heterocycles. The number of hydrogen-bond donors (Lipinski definition) is 1. The molecule has 0 saturated carbocycles. The van der Waals surface area contributed by atoms with Gasteiger partial charge in [0.15, 0.2) is 5.69 Å². The lowest BCUT2D eigenvalue weighted by Crippen LogP contribution is -2.44. The summed E-state index contributed by atoms with van der Waals surface area (Å²) in [7, 11) is 2.88. The second-order valence-electron chi connectivity index (χ2n) is 10.0. The van der Waals surface area contributed by atoms with Gasteiger partial charge in [-0.2, -0.15) is 5.10 Å². The second-order valence-corrected chi connectivity index (χ2v) is 10.0. The molecule has 2 aromatic heterocycles. The molecule has 5 rings (SSSR count). The molecule has 214 valence electrons. The lowest BCUT2D eigenvalue weighted by molar-refractivity contribution is 0.0691. The molecule has 42 heavy (non-hydrogen) atoms. The van der Waals surface area contributed by atoms with Crippen molar-refractivity contribution in [2.45, 2.75) is 26.0 Å². The van der Waals surface area contributed by atoms with E-state index in [1.54, 1.807) is 13.8 Å². The summed E-state index contributed by atoms with van der Waals surface area (Å²) >= 11 is 0. The summed E-state index contributed by atoms with van der Waals surface area (Å²) in [6.45, 7) is 3.21. The lowest BCUT2D eigenvalue weighted by Gasteiger charge is -2.30. The lowest BCUT2D eigenvalue weighted by atomic mass is 9.95. The summed E-state index contributed by atoms with van der Waals surface area (Å²) in [5.41, 5.74) is 5.12. The van der Waals surface area contributed by atoms with Gasteiger partial charge in [-0.05, 0) is 38.1 Å². The molecule has 4 aromatic rings. The number of halogens is 3. The third kappa shape index (κ3) is 4.68. The van der Waals surface area contributed by atoms with Crippen LogP contribution in [0.5, 0.6) is 11.5 Å². The van der Waals surface area contributed by atoms with Crippen molar-refractivity contribution in [2.24, 2.45) is 5.73 Å². The molecule has 0 bridgehead atoms. The molecule has 0 spiro atoms. The number of nitrogens with two attached hydrogens (primary N) is 1. The van der Waals surface area contributed by atoms with Gasteiger partial charge < -0.3 is 20.1 Å². The first-order valence-corrected chi connectivity index (χ1v) is 12.5. The molecular formula is C30H24F3N5O4. The van der Waals surface area contributed by atoms with Crippen LogP contribution < -0.4 is 15.2 Å². The van der Waals surface area contributed by atoms with Crippen molar-refractivity contribution in [1.82, 2.24) is 19.7 Å². The van der Waals surface area contributed by atoms with Crippen molar-refractivity contribution < 1.29 is 32.2 Å². The summed E-state index contributed by atoms with van der Waals surface area (Å²) in [6, 6.07) is 7.00. The van der Waals surface area contributed by atoms with Crippen LogP contribution in [0, 0.1) is 29.8 Å². The molecule has 0 atom stereocenters. The second kappa shape index (κ2) is 10.3. The Kier molecular flexibility index (Phi) is 6.90. The first-order valence-electron chi connectivity index (χ1n) is 12.5. The molecule has 12 heteroatoms. The number of pyridine rings is 1. The van der Waals surface area contributed by atoms with Crippen LogP contribution in [0.4, 0.5) is 13.2 Å². The number of benzene rings is 2. The summed E-state index contributed by atoms with van der Waals surface area (Å²) in [5.74, 6) is -0.932. The number of carbonyl (C=O) groups excluding carboxylic acids is 2. The Morgan fingerprint density at radius 2 is 1.79 bits per heavy atom. The highest BCUT2D eigenvalue weighted by molar-refractivity contribution is 5.98. The number of fused-ring (bicyclic) bond motifs is 3. The zero-order chi connectivity index (χ0) is 30.5. The van der Waals surface area contributed by atoms with E-state index in [2.05, 4.69) is 16.0 Å². The molecule has 0 unspecified atom stereocenters. The van der Waals surface area contributed by atoms with E-state index in [9.17, 15) is 18.4 Å². The number of nitrogens with zero attached hydrogens (tertiary/aromatic N) is 4. The average molecular weight is 576 g/mol. The van der Waals surface area contributed by atoms with Crippen molar-refractivity contribution in [2.75, 3.05) is 14.2 Å². The van der Waals surface area contributed by atoms with E-state index < -0.39 is 34.8 Å². The summed E-state index contributed by atoms with van der Waals surface area (Å²) in [6.07, 6.45) is 6.50. The van der Waals surface area contributed by atoms with Gasteiger partial charge in [0.1, 0.15) is 41.3 Å². The van der Waals surface area contributed by atoms with Crippen LogP contribution in [0.2, 0.25) is 0 Å². The zero-order valence-electron chi connectivity index (χ0n) is 23.0. The van der Waals surface area contributed by atoms with Crippen LogP contribution in [-0.4, -0.2) is 51.2 Å². The number of terminal acetylenes is 1. The Labute approximate surface area is 238 Å². The molecular weight excluding hydrogens is 551 g/mol. The topological polar surface area (TPSA) is 113 Å². The maximum absolute atomic E-state index is 15.1. The van der Waals surface area contributed by atoms with E-state index in [-0.39, 0.29) is 52.0 Å². The quantitative estimate of drug-likeness (QED) is 0.339. The van der Waals surface area contributed by atoms with Crippen LogP contribution in [0.3, 0.4) is 0 Å². The normalized spacial score (nSPS) is 12.0. The molecule has 1 aliphatic rings. The molecule has 0 fully saturated rings. The monoisotopic (exact) mass is 575 g/mol. The van der Waals surface area contributed by atoms with Crippen molar-refractivity contribution in [1.29, 1.82) is 0 Å². The minimum Gasteiger partial charge on any atom is -0.496 e. The fraction of sp³-hybridized carbons (Fsp3) is 0.200. The minimum absolute atomic E-state index is 0.0158. The van der Waals surface area contributed by atoms with Crippen molar-refractivity contribution in [3.05, 3.63) is 77.0 Å². The molecule has 2 aromatic carbocycles. The fourth-order valence-electron chi connectivity index (χ4n) is 4.57. The molecule has 0 aliphatic carbocycles. The predicted molar refractivity (Wildman–Crippen MR) is 147 cm³/mol. The highest BCUT2D eigenvalue weighted by Gasteiger charge is 2.35. The Morgan fingerprint density at radius 1 is 1.10 bits per heavy atom. The van der Waals surface area contributed by atoms with Gasteiger partial charge in [-0.1, -0.05) is 5.92 Å². The number of carbonyl (C=O) groups is 2. The van der Waals surface area contributed by atoms with Gasteiger partial charge in [0.2, 0.25) is 0 Å². The highest BCUT2D eigenvalue weighted by atomic mass is 19.1. The molecule has 0 radical (unpaired) electrons. The third-order valence-electron chi connectivity index (χ3n) is 7.10. The summed E-state index contributed by atoms with van der Waals surface area (Å²) in [5, 5.41) is 4.48. The third-order valence-corrected chi connectivity index (χ3v) is 7.10. The first kappa shape index (κ1) is 28.2. The van der Waals surface area contributed by atoms with Gasteiger partial charge >= 0.3 is 0 Å². The minimum atomic E-state index is -0.996. The Bertz CT molecular complexity index is 1810. The van der Waals surface area contributed by atoms with E-state index in [0.717, 1.165) is 18.3 Å². The van der Waals surface area contributed by atoms with Crippen LogP contribution in [-0.2, 0) is 6.61 Å². The summed E-state index contributed by atoms with van der Waals surface area (Å²) in [4.78, 5) is 30.5.